The van der Waals surface area contributed by atoms with Gasteiger partial charge in [-0.1, -0.05) is 27.7 Å². The lowest BCUT2D eigenvalue weighted by Gasteiger charge is -2.26. The molecule has 0 amide bonds. The smallest absolute Gasteiger partial charge is 0.158 e. The Morgan fingerprint density at radius 1 is 1.15 bits per heavy atom. The highest BCUT2D eigenvalue weighted by Crippen LogP contribution is 2.27. The van der Waals surface area contributed by atoms with E-state index < -0.39 is 0 Å². The molecule has 0 bridgehead atoms. The van der Waals surface area contributed by atoms with Gasteiger partial charge >= 0.3 is 0 Å². The van der Waals surface area contributed by atoms with Crippen LogP contribution in [0.5, 0.6) is 0 Å². The number of hydrogen-bond acceptors (Lipinski definition) is 2. The fourth-order valence-electron chi connectivity index (χ4n) is 3.08. The highest BCUT2D eigenvalue weighted by Gasteiger charge is 2.23. The largest absolute Gasteiger partial charge is 0.312 e. The summed E-state index contributed by atoms with van der Waals surface area (Å²) in [6.45, 7) is 12.1. The first kappa shape index (κ1) is 15.4. The molecule has 0 saturated heterocycles. The first-order chi connectivity index (χ1) is 9.36. The van der Waals surface area contributed by atoms with Crippen LogP contribution in [0.1, 0.15) is 39.2 Å². The summed E-state index contributed by atoms with van der Waals surface area (Å²) in [7, 11) is 1.98. The number of alkyl halides is 1. The summed E-state index contributed by atoms with van der Waals surface area (Å²) in [5.74, 6) is 3.25. The lowest BCUT2D eigenvalue weighted by molar-refractivity contribution is 0.251. The second kappa shape index (κ2) is 5.76. The van der Waals surface area contributed by atoms with E-state index in [1.54, 1.807) is 0 Å². The van der Waals surface area contributed by atoms with Crippen molar-refractivity contribution in [1.82, 2.24) is 19.3 Å². The van der Waals surface area contributed by atoms with Gasteiger partial charge in [0, 0.05) is 13.6 Å². The third-order valence-electron chi connectivity index (χ3n) is 4.19. The van der Waals surface area contributed by atoms with Crippen LogP contribution >= 0.6 is 11.6 Å². The molecule has 20 heavy (non-hydrogen) atoms. The first-order valence-electron chi connectivity index (χ1n) is 7.31. The molecule has 0 aromatic carbocycles. The van der Waals surface area contributed by atoms with Crippen LogP contribution in [0.15, 0.2) is 0 Å². The Morgan fingerprint density at radius 2 is 1.75 bits per heavy atom. The van der Waals surface area contributed by atoms with Gasteiger partial charge in [0.1, 0.15) is 11.3 Å². The van der Waals surface area contributed by atoms with Crippen molar-refractivity contribution in [2.75, 3.05) is 0 Å². The van der Waals surface area contributed by atoms with Crippen molar-refractivity contribution in [2.45, 2.75) is 47.0 Å². The van der Waals surface area contributed by atoms with Crippen molar-refractivity contribution in [3.05, 3.63) is 11.5 Å². The summed E-state index contributed by atoms with van der Waals surface area (Å²) >= 11 is 6.09. The molecule has 0 saturated carbocycles. The maximum Gasteiger partial charge on any atom is 0.158 e. The van der Waals surface area contributed by atoms with Gasteiger partial charge in [0.25, 0.3) is 0 Å². The summed E-state index contributed by atoms with van der Waals surface area (Å²) in [6.07, 6.45) is 0. The van der Waals surface area contributed by atoms with Gasteiger partial charge in [-0.2, -0.15) is 5.10 Å². The Balaban J connectivity index is 2.51. The second-order valence-electron chi connectivity index (χ2n) is 6.31. The SMILES string of the molecule is Cc1nn(C)c2c1nc(CCl)n2CC(C(C)C)C(C)C. The summed E-state index contributed by atoms with van der Waals surface area (Å²) in [6, 6.07) is 0. The number of aromatic nitrogens is 4. The van der Waals surface area contributed by atoms with E-state index in [4.69, 9.17) is 11.6 Å². The number of halogens is 1. The number of aryl methyl sites for hydroxylation is 2. The average molecular weight is 297 g/mol. The van der Waals surface area contributed by atoms with Crippen LogP contribution < -0.4 is 0 Å². The number of hydrogen-bond donors (Lipinski definition) is 0. The molecular weight excluding hydrogens is 272 g/mol. The van der Waals surface area contributed by atoms with E-state index in [1.165, 1.54) is 0 Å². The van der Waals surface area contributed by atoms with E-state index >= 15 is 0 Å². The average Bonchev–Trinajstić information content (AvgIpc) is 2.84. The van der Waals surface area contributed by atoms with Crippen LogP contribution in [-0.2, 0) is 19.5 Å². The Morgan fingerprint density at radius 3 is 2.25 bits per heavy atom. The first-order valence-corrected chi connectivity index (χ1v) is 7.84. The van der Waals surface area contributed by atoms with Gasteiger partial charge in [-0.25, -0.2) is 4.98 Å². The Labute approximate surface area is 126 Å². The normalized spacial score (nSPS) is 12.5. The van der Waals surface area contributed by atoms with Crippen molar-refractivity contribution in [1.29, 1.82) is 0 Å². The molecule has 0 N–H and O–H groups in total. The van der Waals surface area contributed by atoms with Gasteiger partial charge < -0.3 is 4.57 Å². The third kappa shape index (κ3) is 2.58. The Bertz CT molecular complexity index is 587. The zero-order chi connectivity index (χ0) is 15.0. The van der Waals surface area contributed by atoms with Gasteiger partial charge in [-0.05, 0) is 24.7 Å². The molecule has 2 heterocycles. The number of imidazole rings is 1. The maximum atomic E-state index is 6.09. The molecule has 0 radical (unpaired) electrons. The lowest BCUT2D eigenvalue weighted by atomic mass is 9.85. The van der Waals surface area contributed by atoms with Gasteiger partial charge in [-0.3, -0.25) is 4.68 Å². The maximum absolute atomic E-state index is 6.09. The topological polar surface area (TPSA) is 35.6 Å². The van der Waals surface area contributed by atoms with E-state index in [9.17, 15) is 0 Å². The van der Waals surface area contributed by atoms with Crippen LogP contribution in [-0.4, -0.2) is 19.3 Å². The predicted molar refractivity (Wildman–Crippen MR) is 84.0 cm³/mol. The molecule has 0 atom stereocenters. The van der Waals surface area contributed by atoms with Gasteiger partial charge in [-0.15, -0.1) is 11.6 Å². The number of nitrogens with zero attached hydrogens (tertiary/aromatic N) is 4. The van der Waals surface area contributed by atoms with Crippen LogP contribution in [0.25, 0.3) is 11.2 Å². The Hall–Kier alpha value is -1.03. The molecule has 0 unspecified atom stereocenters. The number of fused-ring (bicyclic) bond motifs is 1. The summed E-state index contributed by atoms with van der Waals surface area (Å²) in [5.41, 5.74) is 3.04. The predicted octanol–water partition coefficient (Wildman–Crippen LogP) is 3.75. The third-order valence-corrected chi connectivity index (χ3v) is 4.43. The van der Waals surface area contributed by atoms with Crippen molar-refractivity contribution in [2.24, 2.45) is 24.8 Å². The Kier molecular flexibility index (Phi) is 4.43. The lowest BCUT2D eigenvalue weighted by Crippen LogP contribution is -2.23. The van der Waals surface area contributed by atoms with E-state index in [0.29, 0.717) is 23.6 Å². The van der Waals surface area contributed by atoms with E-state index in [0.717, 1.165) is 29.2 Å². The van der Waals surface area contributed by atoms with Crippen molar-refractivity contribution >= 4 is 22.8 Å². The molecule has 2 rings (SSSR count). The highest BCUT2D eigenvalue weighted by molar-refractivity contribution is 6.16. The molecule has 2 aromatic heterocycles. The van der Waals surface area contributed by atoms with Gasteiger partial charge in [0.15, 0.2) is 5.65 Å². The van der Waals surface area contributed by atoms with E-state index in [-0.39, 0.29) is 0 Å². The van der Waals surface area contributed by atoms with Crippen LogP contribution in [0.3, 0.4) is 0 Å². The monoisotopic (exact) mass is 296 g/mol. The standard InChI is InChI=1S/C15H25ClN4/c1-9(2)12(10(3)4)8-20-13(7-16)17-14-11(5)18-19(6)15(14)20/h9-10,12H,7-8H2,1-6H3. The fourth-order valence-corrected chi connectivity index (χ4v) is 3.28. The zero-order valence-corrected chi connectivity index (χ0v) is 14.1. The van der Waals surface area contributed by atoms with Crippen LogP contribution in [0.4, 0.5) is 0 Å². The van der Waals surface area contributed by atoms with Crippen molar-refractivity contribution in [3.63, 3.8) is 0 Å². The molecule has 5 heteroatoms. The molecule has 0 spiro atoms. The summed E-state index contributed by atoms with van der Waals surface area (Å²) in [4.78, 5) is 4.67. The molecule has 4 nitrogen and oxygen atoms in total. The summed E-state index contributed by atoms with van der Waals surface area (Å²) in [5, 5.41) is 4.47. The fraction of sp³-hybridized carbons (Fsp3) is 0.733. The molecule has 112 valence electrons. The number of rotatable bonds is 5. The molecule has 0 aliphatic rings. The molecule has 2 aromatic rings. The molecule has 0 aliphatic heterocycles. The minimum Gasteiger partial charge on any atom is -0.312 e. The van der Waals surface area contributed by atoms with Gasteiger partial charge in [0.05, 0.1) is 11.6 Å². The highest BCUT2D eigenvalue weighted by atomic mass is 35.5. The minimum absolute atomic E-state index is 0.441. The van der Waals surface area contributed by atoms with Crippen LogP contribution in [0.2, 0.25) is 0 Å². The molecular formula is C15H25ClN4. The quantitative estimate of drug-likeness (QED) is 0.788. The van der Waals surface area contributed by atoms with Crippen molar-refractivity contribution in [3.8, 4) is 0 Å². The minimum atomic E-state index is 0.441. The van der Waals surface area contributed by atoms with Crippen LogP contribution in [0, 0.1) is 24.7 Å². The summed E-state index contributed by atoms with van der Waals surface area (Å²) < 4.78 is 4.18. The molecule has 0 fully saturated rings. The van der Waals surface area contributed by atoms with E-state index in [2.05, 4.69) is 42.3 Å². The molecule has 0 aliphatic carbocycles. The van der Waals surface area contributed by atoms with Gasteiger partial charge in [0.2, 0.25) is 0 Å². The van der Waals surface area contributed by atoms with Crippen molar-refractivity contribution < 1.29 is 0 Å². The zero-order valence-electron chi connectivity index (χ0n) is 13.3. The second-order valence-corrected chi connectivity index (χ2v) is 6.57. The van der Waals surface area contributed by atoms with E-state index in [1.807, 2.05) is 18.7 Å².